The Kier molecular flexibility index (Phi) is 4.90. The molecule has 0 N–H and O–H groups in total. The van der Waals surface area contributed by atoms with Crippen LogP contribution in [0.15, 0.2) is 0 Å². The molecule has 0 aromatic rings. The minimum atomic E-state index is -0.160. The molecule has 82 valence electrons. The first-order valence-electron chi connectivity index (χ1n) is 5.08. The number of hydrogen-bond acceptors (Lipinski definition) is 4. The molecule has 1 aliphatic rings. The summed E-state index contributed by atoms with van der Waals surface area (Å²) < 4.78 is 15.3. The summed E-state index contributed by atoms with van der Waals surface area (Å²) in [6.45, 7) is 2.34. The molecule has 1 heterocycles. The van der Waals surface area contributed by atoms with E-state index in [1.807, 2.05) is 0 Å². The van der Waals surface area contributed by atoms with Crippen molar-refractivity contribution < 1.29 is 19.0 Å². The summed E-state index contributed by atoms with van der Waals surface area (Å²) in [5, 5.41) is 0. The molecule has 0 radical (unpaired) electrons. The van der Waals surface area contributed by atoms with E-state index in [1.54, 1.807) is 7.11 Å². The standard InChI is InChI=1S/C10H18O4/c1-3-4-5-8-9(13-7-12-2)6-10(11)14-8/h8-9H,3-7H2,1-2H3/t8-,9+/m1/s1. The second kappa shape index (κ2) is 5.98. The first-order chi connectivity index (χ1) is 6.77. The number of methoxy groups -OCH3 is 1. The summed E-state index contributed by atoms with van der Waals surface area (Å²) in [6.07, 6.45) is 3.22. The van der Waals surface area contributed by atoms with Crippen LogP contribution in [0.2, 0.25) is 0 Å². The van der Waals surface area contributed by atoms with E-state index in [2.05, 4.69) is 6.92 Å². The second-order valence-electron chi connectivity index (χ2n) is 3.49. The van der Waals surface area contributed by atoms with Crippen molar-refractivity contribution in [2.75, 3.05) is 13.9 Å². The summed E-state index contributed by atoms with van der Waals surface area (Å²) in [5.74, 6) is -0.160. The van der Waals surface area contributed by atoms with Crippen molar-refractivity contribution in [2.45, 2.75) is 44.8 Å². The number of cyclic esters (lactones) is 1. The molecular weight excluding hydrogens is 184 g/mol. The third kappa shape index (κ3) is 3.27. The Bertz CT molecular complexity index is 163. The van der Waals surface area contributed by atoms with Crippen molar-refractivity contribution >= 4 is 5.97 Å². The van der Waals surface area contributed by atoms with Gasteiger partial charge in [-0.3, -0.25) is 4.79 Å². The average Bonchev–Trinajstić information content (AvgIpc) is 2.52. The largest absolute Gasteiger partial charge is 0.460 e. The van der Waals surface area contributed by atoms with Gasteiger partial charge in [0.15, 0.2) is 0 Å². The van der Waals surface area contributed by atoms with Crippen molar-refractivity contribution in [1.82, 2.24) is 0 Å². The van der Waals surface area contributed by atoms with E-state index in [0.717, 1.165) is 19.3 Å². The third-order valence-electron chi connectivity index (χ3n) is 2.31. The van der Waals surface area contributed by atoms with Crippen molar-refractivity contribution in [3.8, 4) is 0 Å². The van der Waals surface area contributed by atoms with Gasteiger partial charge in [0.05, 0.1) is 6.42 Å². The van der Waals surface area contributed by atoms with Gasteiger partial charge in [0, 0.05) is 7.11 Å². The number of esters is 1. The van der Waals surface area contributed by atoms with Crippen molar-refractivity contribution in [2.24, 2.45) is 0 Å². The predicted molar refractivity (Wildman–Crippen MR) is 50.8 cm³/mol. The van der Waals surface area contributed by atoms with Crippen molar-refractivity contribution in [1.29, 1.82) is 0 Å². The highest BCUT2D eigenvalue weighted by atomic mass is 16.7. The lowest BCUT2D eigenvalue weighted by Gasteiger charge is -2.16. The molecule has 0 aromatic carbocycles. The van der Waals surface area contributed by atoms with Gasteiger partial charge in [-0.1, -0.05) is 13.3 Å². The molecule has 0 saturated carbocycles. The molecule has 4 nitrogen and oxygen atoms in total. The predicted octanol–water partition coefficient (Wildman–Crippen LogP) is 1.48. The van der Waals surface area contributed by atoms with Crippen LogP contribution in [0, 0.1) is 0 Å². The van der Waals surface area contributed by atoms with Gasteiger partial charge in [0.1, 0.15) is 19.0 Å². The number of carbonyl (C=O) groups excluding carboxylic acids is 1. The Morgan fingerprint density at radius 3 is 3.00 bits per heavy atom. The molecule has 0 unspecified atom stereocenters. The summed E-state index contributed by atoms with van der Waals surface area (Å²) >= 11 is 0. The molecule has 0 amide bonds. The molecule has 0 aliphatic carbocycles. The average molecular weight is 202 g/mol. The highest BCUT2D eigenvalue weighted by Crippen LogP contribution is 2.22. The highest BCUT2D eigenvalue weighted by molar-refractivity contribution is 5.72. The lowest BCUT2D eigenvalue weighted by atomic mass is 10.1. The monoisotopic (exact) mass is 202 g/mol. The van der Waals surface area contributed by atoms with Gasteiger partial charge in [-0.15, -0.1) is 0 Å². The fourth-order valence-electron chi connectivity index (χ4n) is 1.56. The number of rotatable bonds is 6. The van der Waals surface area contributed by atoms with Crippen molar-refractivity contribution in [3.05, 3.63) is 0 Å². The maximum absolute atomic E-state index is 11.0. The first kappa shape index (κ1) is 11.5. The van der Waals surface area contributed by atoms with Crippen LogP contribution in [0.4, 0.5) is 0 Å². The molecule has 0 bridgehead atoms. The topological polar surface area (TPSA) is 44.8 Å². The van der Waals surface area contributed by atoms with E-state index >= 15 is 0 Å². The lowest BCUT2D eigenvalue weighted by Crippen LogP contribution is -2.25. The number of unbranched alkanes of at least 4 members (excludes halogenated alkanes) is 1. The summed E-state index contributed by atoms with van der Waals surface area (Å²) in [6, 6.07) is 0. The quantitative estimate of drug-likeness (QED) is 0.483. The van der Waals surface area contributed by atoms with Crippen LogP contribution in [0.5, 0.6) is 0 Å². The zero-order chi connectivity index (χ0) is 10.4. The second-order valence-corrected chi connectivity index (χ2v) is 3.49. The van der Waals surface area contributed by atoms with Crippen LogP contribution in [0.1, 0.15) is 32.6 Å². The summed E-state index contributed by atoms with van der Waals surface area (Å²) in [7, 11) is 1.57. The maximum atomic E-state index is 11.0. The van der Waals surface area contributed by atoms with E-state index in [0.29, 0.717) is 6.42 Å². The number of carbonyl (C=O) groups is 1. The van der Waals surface area contributed by atoms with Crippen molar-refractivity contribution in [3.63, 3.8) is 0 Å². The minimum Gasteiger partial charge on any atom is -0.460 e. The first-order valence-corrected chi connectivity index (χ1v) is 5.08. The SMILES string of the molecule is CCCC[C@H]1OC(=O)C[C@@H]1OCOC. The molecule has 2 atom stereocenters. The Morgan fingerprint density at radius 2 is 2.36 bits per heavy atom. The Balaban J connectivity index is 2.33. The fraction of sp³-hybridized carbons (Fsp3) is 0.900. The smallest absolute Gasteiger partial charge is 0.308 e. The number of ether oxygens (including phenoxy) is 3. The van der Waals surface area contributed by atoms with Gasteiger partial charge in [0.2, 0.25) is 0 Å². The van der Waals surface area contributed by atoms with Crippen LogP contribution >= 0.6 is 0 Å². The van der Waals surface area contributed by atoms with E-state index in [9.17, 15) is 4.79 Å². The number of hydrogen-bond donors (Lipinski definition) is 0. The zero-order valence-corrected chi connectivity index (χ0v) is 8.82. The molecule has 14 heavy (non-hydrogen) atoms. The molecule has 0 spiro atoms. The van der Waals surface area contributed by atoms with Gasteiger partial charge in [0.25, 0.3) is 0 Å². The molecule has 1 fully saturated rings. The molecule has 1 saturated heterocycles. The molecule has 1 rings (SSSR count). The molecule has 1 aliphatic heterocycles. The Morgan fingerprint density at radius 1 is 1.57 bits per heavy atom. The van der Waals surface area contributed by atoms with Gasteiger partial charge in [-0.2, -0.15) is 0 Å². The van der Waals surface area contributed by atoms with Crippen LogP contribution in [0.3, 0.4) is 0 Å². The zero-order valence-electron chi connectivity index (χ0n) is 8.82. The van der Waals surface area contributed by atoms with Gasteiger partial charge in [-0.25, -0.2) is 0 Å². The Labute approximate surface area is 84.5 Å². The summed E-state index contributed by atoms with van der Waals surface area (Å²) in [5.41, 5.74) is 0. The third-order valence-corrected chi connectivity index (χ3v) is 2.31. The van der Waals surface area contributed by atoms with Crippen LogP contribution < -0.4 is 0 Å². The Hall–Kier alpha value is -0.610. The maximum Gasteiger partial charge on any atom is 0.308 e. The van der Waals surface area contributed by atoms with Gasteiger partial charge < -0.3 is 14.2 Å². The van der Waals surface area contributed by atoms with E-state index in [-0.39, 0.29) is 25.0 Å². The van der Waals surface area contributed by atoms with Gasteiger partial charge in [-0.05, 0) is 12.8 Å². The van der Waals surface area contributed by atoms with E-state index in [4.69, 9.17) is 14.2 Å². The van der Waals surface area contributed by atoms with E-state index < -0.39 is 0 Å². The minimum absolute atomic E-state index is 0.0717. The highest BCUT2D eigenvalue weighted by Gasteiger charge is 2.34. The molecular formula is C10H18O4. The van der Waals surface area contributed by atoms with Gasteiger partial charge >= 0.3 is 5.97 Å². The van der Waals surface area contributed by atoms with Crippen LogP contribution in [-0.4, -0.2) is 32.1 Å². The lowest BCUT2D eigenvalue weighted by molar-refractivity contribution is -0.143. The van der Waals surface area contributed by atoms with E-state index in [1.165, 1.54) is 0 Å². The normalized spacial score (nSPS) is 26.6. The fourth-order valence-corrected chi connectivity index (χ4v) is 1.56. The summed E-state index contributed by atoms with van der Waals surface area (Å²) in [4.78, 5) is 11.0. The molecule has 4 heteroatoms. The molecule has 0 aromatic heterocycles. The van der Waals surface area contributed by atoms with Crippen LogP contribution in [0.25, 0.3) is 0 Å². The van der Waals surface area contributed by atoms with Crippen LogP contribution in [-0.2, 0) is 19.0 Å².